The normalized spacial score (nSPS) is 20.9. The molecule has 0 unspecified atom stereocenters. The van der Waals surface area contributed by atoms with Gasteiger partial charge in [-0.2, -0.15) is 0 Å². The summed E-state index contributed by atoms with van der Waals surface area (Å²) >= 11 is 0. The third-order valence-corrected chi connectivity index (χ3v) is 5.73. The fourth-order valence-electron chi connectivity index (χ4n) is 4.67. The standard InChI is InChI=1S/C22H26N4/c1-21(2)11-25(12-21)17-7-9-23-19-15(17)5-6-16-18(8-10-24-20(16)19)26-13-22(3,4)14-26/h5-10H,11-14H2,1-4H3. The first kappa shape index (κ1) is 15.9. The predicted octanol–water partition coefficient (Wildman–Crippen LogP) is 4.48. The van der Waals surface area contributed by atoms with Crippen LogP contribution in [0.25, 0.3) is 21.8 Å². The number of rotatable bonds is 2. The fourth-order valence-corrected chi connectivity index (χ4v) is 4.67. The van der Waals surface area contributed by atoms with E-state index in [2.05, 4.69) is 61.8 Å². The zero-order chi connectivity index (χ0) is 18.1. The van der Waals surface area contributed by atoms with E-state index in [1.54, 1.807) is 0 Å². The van der Waals surface area contributed by atoms with E-state index in [-0.39, 0.29) is 0 Å². The number of aromatic nitrogens is 2. The Morgan fingerprint density at radius 2 is 1.04 bits per heavy atom. The number of fused-ring (bicyclic) bond motifs is 3. The molecule has 4 heterocycles. The summed E-state index contributed by atoms with van der Waals surface area (Å²) in [6.07, 6.45) is 3.87. The minimum atomic E-state index is 0.405. The summed E-state index contributed by atoms with van der Waals surface area (Å²) < 4.78 is 0. The molecule has 2 aliphatic rings. The molecule has 4 heteroatoms. The number of nitrogens with zero attached hydrogens (tertiary/aromatic N) is 4. The van der Waals surface area contributed by atoms with Gasteiger partial charge in [-0.05, 0) is 35.1 Å². The number of pyridine rings is 2. The number of hydrogen-bond acceptors (Lipinski definition) is 4. The Balaban J connectivity index is 1.63. The molecule has 0 atom stereocenters. The maximum atomic E-state index is 4.71. The molecule has 1 aromatic carbocycles. The fraction of sp³-hybridized carbons (Fsp3) is 0.455. The maximum Gasteiger partial charge on any atom is 0.0986 e. The van der Waals surface area contributed by atoms with Gasteiger partial charge in [-0.15, -0.1) is 0 Å². The maximum absolute atomic E-state index is 4.71. The molecule has 3 aromatic rings. The largest absolute Gasteiger partial charge is 0.370 e. The average molecular weight is 346 g/mol. The average Bonchev–Trinajstić information content (AvgIpc) is 2.56. The van der Waals surface area contributed by atoms with E-state index in [1.807, 2.05) is 12.4 Å². The molecule has 0 spiro atoms. The van der Waals surface area contributed by atoms with Gasteiger partial charge >= 0.3 is 0 Å². The molecule has 2 fully saturated rings. The Morgan fingerprint density at radius 1 is 0.654 bits per heavy atom. The van der Waals surface area contributed by atoms with Gasteiger partial charge in [0, 0.05) is 60.7 Å². The zero-order valence-electron chi connectivity index (χ0n) is 16.1. The number of anilines is 2. The van der Waals surface area contributed by atoms with Crippen molar-refractivity contribution in [1.82, 2.24) is 9.97 Å². The summed E-state index contributed by atoms with van der Waals surface area (Å²) in [6.45, 7) is 13.7. The Bertz CT molecular complexity index is 923. The van der Waals surface area contributed by atoms with E-state index >= 15 is 0 Å². The molecule has 0 N–H and O–H groups in total. The van der Waals surface area contributed by atoms with Gasteiger partial charge in [0.25, 0.3) is 0 Å². The molecule has 134 valence electrons. The first-order valence-electron chi connectivity index (χ1n) is 9.49. The lowest BCUT2D eigenvalue weighted by Gasteiger charge is -2.48. The van der Waals surface area contributed by atoms with Crippen molar-refractivity contribution in [2.75, 3.05) is 36.0 Å². The molecule has 0 bridgehead atoms. The van der Waals surface area contributed by atoms with Gasteiger partial charge in [-0.3, -0.25) is 9.97 Å². The Labute approximate surface area is 154 Å². The molecule has 5 rings (SSSR count). The first-order valence-corrected chi connectivity index (χ1v) is 9.49. The smallest absolute Gasteiger partial charge is 0.0986 e. The summed E-state index contributed by atoms with van der Waals surface area (Å²) in [6, 6.07) is 8.76. The van der Waals surface area contributed by atoms with E-state index in [4.69, 9.17) is 9.97 Å². The predicted molar refractivity (Wildman–Crippen MR) is 109 cm³/mol. The van der Waals surface area contributed by atoms with E-state index in [0.29, 0.717) is 10.8 Å². The Morgan fingerprint density at radius 3 is 1.38 bits per heavy atom. The molecule has 2 saturated heterocycles. The van der Waals surface area contributed by atoms with Gasteiger partial charge in [0.05, 0.1) is 11.0 Å². The van der Waals surface area contributed by atoms with Crippen LogP contribution in [0.4, 0.5) is 11.4 Å². The molecular weight excluding hydrogens is 320 g/mol. The second-order valence-corrected chi connectivity index (χ2v) is 9.56. The van der Waals surface area contributed by atoms with Crippen LogP contribution >= 0.6 is 0 Å². The molecule has 26 heavy (non-hydrogen) atoms. The van der Waals surface area contributed by atoms with Crippen molar-refractivity contribution < 1.29 is 0 Å². The highest BCUT2D eigenvalue weighted by Gasteiger charge is 2.36. The number of benzene rings is 1. The second-order valence-electron chi connectivity index (χ2n) is 9.56. The zero-order valence-corrected chi connectivity index (χ0v) is 16.1. The van der Waals surface area contributed by atoms with Gasteiger partial charge in [0.15, 0.2) is 0 Å². The molecule has 0 aliphatic carbocycles. The lowest BCUT2D eigenvalue weighted by molar-refractivity contribution is 0.277. The molecule has 2 aromatic heterocycles. The van der Waals surface area contributed by atoms with Gasteiger partial charge in [-0.1, -0.05) is 27.7 Å². The van der Waals surface area contributed by atoms with Crippen molar-refractivity contribution in [1.29, 1.82) is 0 Å². The van der Waals surface area contributed by atoms with Crippen molar-refractivity contribution in [3.63, 3.8) is 0 Å². The molecule has 0 saturated carbocycles. The van der Waals surface area contributed by atoms with Crippen molar-refractivity contribution in [3.05, 3.63) is 36.7 Å². The third-order valence-electron chi connectivity index (χ3n) is 5.73. The third kappa shape index (κ3) is 2.35. The van der Waals surface area contributed by atoms with E-state index in [9.17, 15) is 0 Å². The van der Waals surface area contributed by atoms with E-state index < -0.39 is 0 Å². The van der Waals surface area contributed by atoms with Crippen LogP contribution in [-0.4, -0.2) is 36.1 Å². The van der Waals surface area contributed by atoms with Gasteiger partial charge in [0.2, 0.25) is 0 Å². The molecule has 0 radical (unpaired) electrons. The van der Waals surface area contributed by atoms with Gasteiger partial charge in [0.1, 0.15) is 0 Å². The lowest BCUT2D eigenvalue weighted by Crippen LogP contribution is -2.53. The topological polar surface area (TPSA) is 32.3 Å². The summed E-state index contributed by atoms with van der Waals surface area (Å²) in [5.41, 5.74) is 5.42. The first-order chi connectivity index (χ1) is 12.3. The summed E-state index contributed by atoms with van der Waals surface area (Å²) in [5, 5.41) is 2.42. The van der Waals surface area contributed by atoms with Crippen molar-refractivity contribution in [2.45, 2.75) is 27.7 Å². The van der Waals surface area contributed by atoms with Crippen LogP contribution in [0.5, 0.6) is 0 Å². The lowest BCUT2D eigenvalue weighted by atomic mass is 9.83. The summed E-state index contributed by atoms with van der Waals surface area (Å²) in [7, 11) is 0. The SMILES string of the molecule is CC1(C)CN(c2ccnc3c2ccc2c(N4CC(C)(C)C4)ccnc23)C1. The Kier molecular flexibility index (Phi) is 3.10. The van der Waals surface area contributed by atoms with Crippen molar-refractivity contribution in [3.8, 4) is 0 Å². The summed E-state index contributed by atoms with van der Waals surface area (Å²) in [5.74, 6) is 0. The Hall–Kier alpha value is -2.36. The quantitative estimate of drug-likeness (QED) is 0.641. The van der Waals surface area contributed by atoms with Crippen molar-refractivity contribution in [2.24, 2.45) is 10.8 Å². The second kappa shape index (κ2) is 5.09. The van der Waals surface area contributed by atoms with E-state index in [0.717, 1.165) is 37.2 Å². The van der Waals surface area contributed by atoms with Crippen LogP contribution < -0.4 is 9.80 Å². The number of hydrogen-bond donors (Lipinski definition) is 0. The van der Waals surface area contributed by atoms with Crippen LogP contribution in [0.3, 0.4) is 0 Å². The van der Waals surface area contributed by atoms with Gasteiger partial charge < -0.3 is 9.80 Å². The van der Waals surface area contributed by atoms with E-state index in [1.165, 1.54) is 22.1 Å². The van der Waals surface area contributed by atoms with Gasteiger partial charge in [-0.25, -0.2) is 0 Å². The molecule has 0 amide bonds. The minimum Gasteiger partial charge on any atom is -0.370 e. The van der Waals surface area contributed by atoms with Crippen LogP contribution in [-0.2, 0) is 0 Å². The molecule has 2 aliphatic heterocycles. The summed E-state index contributed by atoms with van der Waals surface area (Å²) in [4.78, 5) is 14.3. The van der Waals surface area contributed by atoms with Crippen LogP contribution in [0.15, 0.2) is 36.7 Å². The monoisotopic (exact) mass is 346 g/mol. The highest BCUT2D eigenvalue weighted by Crippen LogP contribution is 2.41. The van der Waals surface area contributed by atoms with Crippen LogP contribution in [0.2, 0.25) is 0 Å². The van der Waals surface area contributed by atoms with Crippen molar-refractivity contribution >= 4 is 33.2 Å². The van der Waals surface area contributed by atoms with Crippen LogP contribution in [0.1, 0.15) is 27.7 Å². The van der Waals surface area contributed by atoms with Crippen LogP contribution in [0, 0.1) is 10.8 Å². The minimum absolute atomic E-state index is 0.405. The molecule has 4 nitrogen and oxygen atoms in total. The highest BCUT2D eigenvalue weighted by molar-refractivity contribution is 6.10. The highest BCUT2D eigenvalue weighted by atomic mass is 15.2. The molecular formula is C22H26N4.